The van der Waals surface area contributed by atoms with Gasteiger partial charge in [0.05, 0.1) is 4.88 Å². The smallest absolute Gasteiger partial charge is 0.309 e. The Hall–Kier alpha value is -1.75. The van der Waals surface area contributed by atoms with Gasteiger partial charge in [0.1, 0.15) is 0 Å². The molecular formula is C11H12N2O2S. The Morgan fingerprint density at radius 1 is 1.38 bits per heavy atom. The molecule has 0 fully saturated rings. The Balaban J connectivity index is 2.30. The van der Waals surface area contributed by atoms with Gasteiger partial charge in [0, 0.05) is 19.2 Å². The van der Waals surface area contributed by atoms with Crippen LogP contribution in [0.4, 0.5) is 5.69 Å². The molecule has 0 aliphatic rings. The standard InChI is InChI=1S/C11H12N2O2S/c1-13-10(14)9(16-11(13)15)6-7-2-4-8(12)5-3-7/h2-5,14H,6,12H2,1H3. The molecule has 0 atom stereocenters. The van der Waals surface area contributed by atoms with E-state index < -0.39 is 0 Å². The van der Waals surface area contributed by atoms with Crippen molar-refractivity contribution >= 4 is 17.0 Å². The maximum absolute atomic E-state index is 11.3. The lowest BCUT2D eigenvalue weighted by Crippen LogP contribution is -2.05. The van der Waals surface area contributed by atoms with Gasteiger partial charge in [0.15, 0.2) is 0 Å². The van der Waals surface area contributed by atoms with Crippen LogP contribution in [0.25, 0.3) is 0 Å². The number of aromatic hydroxyl groups is 1. The number of benzene rings is 1. The molecule has 1 aromatic heterocycles. The monoisotopic (exact) mass is 236 g/mol. The molecule has 5 heteroatoms. The molecule has 4 nitrogen and oxygen atoms in total. The van der Waals surface area contributed by atoms with Gasteiger partial charge >= 0.3 is 4.87 Å². The number of aromatic nitrogens is 1. The third-order valence-electron chi connectivity index (χ3n) is 2.40. The van der Waals surface area contributed by atoms with Crippen LogP contribution in [0.1, 0.15) is 10.4 Å². The van der Waals surface area contributed by atoms with Crippen LogP contribution < -0.4 is 10.6 Å². The molecule has 3 N–H and O–H groups in total. The molecule has 1 aromatic carbocycles. The molecule has 0 aliphatic carbocycles. The van der Waals surface area contributed by atoms with Crippen molar-refractivity contribution in [2.45, 2.75) is 6.42 Å². The number of thiazole rings is 1. The van der Waals surface area contributed by atoms with Crippen molar-refractivity contribution < 1.29 is 5.11 Å². The van der Waals surface area contributed by atoms with Crippen LogP contribution in [0.15, 0.2) is 29.1 Å². The Morgan fingerprint density at radius 3 is 2.50 bits per heavy atom. The highest BCUT2D eigenvalue weighted by Gasteiger charge is 2.10. The maximum Gasteiger partial charge on any atom is 0.309 e. The van der Waals surface area contributed by atoms with Gasteiger partial charge in [-0.15, -0.1) is 0 Å². The van der Waals surface area contributed by atoms with E-state index in [1.807, 2.05) is 12.1 Å². The van der Waals surface area contributed by atoms with Crippen LogP contribution in [-0.2, 0) is 13.5 Å². The van der Waals surface area contributed by atoms with Crippen LogP contribution in [0.2, 0.25) is 0 Å². The molecule has 2 rings (SSSR count). The lowest BCUT2D eigenvalue weighted by molar-refractivity contribution is 0.424. The van der Waals surface area contributed by atoms with Crippen molar-refractivity contribution in [2.24, 2.45) is 7.05 Å². The van der Waals surface area contributed by atoms with Crippen molar-refractivity contribution in [3.63, 3.8) is 0 Å². The average Bonchev–Trinajstić information content (AvgIpc) is 2.50. The van der Waals surface area contributed by atoms with E-state index in [0.717, 1.165) is 16.9 Å². The summed E-state index contributed by atoms with van der Waals surface area (Å²) >= 11 is 1.07. The van der Waals surface area contributed by atoms with Gasteiger partial charge in [-0.1, -0.05) is 23.5 Å². The lowest BCUT2D eigenvalue weighted by atomic mass is 10.1. The molecule has 0 aliphatic heterocycles. The molecule has 0 bridgehead atoms. The van der Waals surface area contributed by atoms with Crippen molar-refractivity contribution in [2.75, 3.05) is 5.73 Å². The Morgan fingerprint density at radius 2 is 2.00 bits per heavy atom. The summed E-state index contributed by atoms with van der Waals surface area (Å²) in [5, 5.41) is 9.68. The average molecular weight is 236 g/mol. The van der Waals surface area contributed by atoms with E-state index in [4.69, 9.17) is 5.73 Å². The van der Waals surface area contributed by atoms with Gasteiger partial charge in [-0.25, -0.2) is 0 Å². The van der Waals surface area contributed by atoms with Crippen LogP contribution in [0.3, 0.4) is 0 Å². The normalized spacial score (nSPS) is 10.6. The summed E-state index contributed by atoms with van der Waals surface area (Å²) in [6.45, 7) is 0. The van der Waals surface area contributed by atoms with Gasteiger partial charge in [0.25, 0.3) is 0 Å². The molecule has 84 valence electrons. The minimum Gasteiger partial charge on any atom is -0.494 e. The van der Waals surface area contributed by atoms with Crippen molar-refractivity contribution in [3.8, 4) is 5.88 Å². The summed E-state index contributed by atoms with van der Waals surface area (Å²) in [6.07, 6.45) is 0.548. The molecule has 0 unspecified atom stereocenters. The third-order valence-corrected chi connectivity index (χ3v) is 3.42. The van der Waals surface area contributed by atoms with Crippen LogP contribution in [0.5, 0.6) is 5.88 Å². The summed E-state index contributed by atoms with van der Waals surface area (Å²) in [6, 6.07) is 7.38. The number of nitrogen functional groups attached to an aromatic ring is 1. The molecule has 1 heterocycles. The highest BCUT2D eigenvalue weighted by molar-refractivity contribution is 7.09. The van der Waals surface area contributed by atoms with E-state index in [-0.39, 0.29) is 10.8 Å². The highest BCUT2D eigenvalue weighted by atomic mass is 32.1. The van der Waals surface area contributed by atoms with Gasteiger partial charge in [-0.2, -0.15) is 0 Å². The van der Waals surface area contributed by atoms with Crippen LogP contribution >= 0.6 is 11.3 Å². The summed E-state index contributed by atoms with van der Waals surface area (Å²) in [4.78, 5) is 11.8. The van der Waals surface area contributed by atoms with Crippen molar-refractivity contribution in [3.05, 3.63) is 44.4 Å². The maximum atomic E-state index is 11.3. The number of nitrogens with two attached hydrogens (primary N) is 1. The fourth-order valence-corrected chi connectivity index (χ4v) is 2.33. The van der Waals surface area contributed by atoms with E-state index in [9.17, 15) is 9.90 Å². The van der Waals surface area contributed by atoms with E-state index in [1.165, 1.54) is 4.57 Å². The molecular weight excluding hydrogens is 224 g/mol. The van der Waals surface area contributed by atoms with Gasteiger partial charge in [-0.3, -0.25) is 9.36 Å². The lowest BCUT2D eigenvalue weighted by Gasteiger charge is -2.00. The molecule has 0 radical (unpaired) electrons. The Labute approximate surface area is 96.6 Å². The molecule has 0 saturated carbocycles. The topological polar surface area (TPSA) is 68.2 Å². The number of hydrogen-bond donors (Lipinski definition) is 2. The first-order valence-corrected chi connectivity index (χ1v) is 5.61. The SMILES string of the molecule is Cn1c(O)c(Cc2ccc(N)cc2)sc1=O. The number of anilines is 1. The summed E-state index contributed by atoms with van der Waals surface area (Å²) in [5.74, 6) is 0.0480. The fraction of sp³-hybridized carbons (Fsp3) is 0.182. The zero-order chi connectivity index (χ0) is 11.7. The molecule has 16 heavy (non-hydrogen) atoms. The van der Waals surface area contributed by atoms with Gasteiger partial charge < -0.3 is 10.8 Å². The Kier molecular flexibility index (Phi) is 2.70. The van der Waals surface area contributed by atoms with Crippen molar-refractivity contribution in [1.29, 1.82) is 0 Å². The third kappa shape index (κ3) is 1.94. The second kappa shape index (κ2) is 4.02. The van der Waals surface area contributed by atoms with Crippen molar-refractivity contribution in [1.82, 2.24) is 4.57 Å². The minimum absolute atomic E-state index is 0.0480. The second-order valence-corrected chi connectivity index (χ2v) is 4.64. The Bertz CT molecular complexity index is 554. The molecule has 0 spiro atoms. The largest absolute Gasteiger partial charge is 0.494 e. The van der Waals surface area contributed by atoms with Crippen LogP contribution in [-0.4, -0.2) is 9.67 Å². The second-order valence-electron chi connectivity index (χ2n) is 3.59. The fourth-order valence-electron chi connectivity index (χ4n) is 1.43. The van der Waals surface area contributed by atoms with Gasteiger partial charge in [-0.05, 0) is 17.7 Å². The molecule has 0 amide bonds. The molecule has 0 saturated heterocycles. The first kappa shape index (κ1) is 10.8. The zero-order valence-electron chi connectivity index (χ0n) is 8.80. The zero-order valence-corrected chi connectivity index (χ0v) is 9.62. The van der Waals surface area contributed by atoms with Crippen LogP contribution in [0, 0.1) is 0 Å². The number of nitrogens with zero attached hydrogens (tertiary/aromatic N) is 1. The molecule has 2 aromatic rings. The van der Waals surface area contributed by atoms with E-state index in [2.05, 4.69) is 0 Å². The van der Waals surface area contributed by atoms with E-state index >= 15 is 0 Å². The van der Waals surface area contributed by atoms with Gasteiger partial charge in [0.2, 0.25) is 5.88 Å². The highest BCUT2D eigenvalue weighted by Crippen LogP contribution is 2.22. The number of hydrogen-bond acceptors (Lipinski definition) is 4. The first-order valence-electron chi connectivity index (χ1n) is 4.80. The summed E-state index contributed by atoms with van der Waals surface area (Å²) in [7, 11) is 1.56. The predicted molar refractivity (Wildman–Crippen MR) is 64.9 cm³/mol. The summed E-state index contributed by atoms with van der Waals surface area (Å²) < 4.78 is 1.25. The minimum atomic E-state index is -0.150. The predicted octanol–water partition coefficient (Wildman–Crippen LogP) is 1.33. The first-order chi connectivity index (χ1) is 7.58. The van der Waals surface area contributed by atoms with E-state index in [1.54, 1.807) is 19.2 Å². The number of rotatable bonds is 2. The summed E-state index contributed by atoms with van der Waals surface area (Å²) in [5.41, 5.74) is 7.30. The quantitative estimate of drug-likeness (QED) is 0.773. The van der Waals surface area contributed by atoms with E-state index in [0.29, 0.717) is 17.0 Å².